The molecule has 2 aromatic carbocycles. The fraction of sp³-hybridized carbons (Fsp3) is 0.261. The molecule has 0 bridgehead atoms. The predicted molar refractivity (Wildman–Crippen MR) is 129 cm³/mol. The van der Waals surface area contributed by atoms with Crippen LogP contribution in [0, 0.1) is 0 Å². The maximum Gasteiger partial charge on any atom is 0.339 e. The van der Waals surface area contributed by atoms with E-state index in [0.717, 1.165) is 35.9 Å². The van der Waals surface area contributed by atoms with E-state index in [4.69, 9.17) is 15.8 Å². The van der Waals surface area contributed by atoms with Gasteiger partial charge in [-0.05, 0) is 79.1 Å². The summed E-state index contributed by atoms with van der Waals surface area (Å²) < 4.78 is 30.2. The lowest BCUT2D eigenvalue weighted by molar-refractivity contribution is -0.136. The number of nitrogens with zero attached hydrogens (tertiary/aromatic N) is 2. The zero-order valence-corrected chi connectivity index (χ0v) is 20.4. The first-order valence-electron chi connectivity index (χ1n) is 10.6. The van der Waals surface area contributed by atoms with Crippen molar-refractivity contribution in [1.29, 1.82) is 0 Å². The number of hydrogen-bond acceptors (Lipinski definition) is 7. The summed E-state index contributed by atoms with van der Waals surface area (Å²) in [5.41, 5.74) is 0.469. The molecule has 0 radical (unpaired) electrons. The Balaban J connectivity index is 1.47. The predicted octanol–water partition coefficient (Wildman–Crippen LogP) is 4.16. The summed E-state index contributed by atoms with van der Waals surface area (Å²) in [6.45, 7) is 0.984. The Kier molecular flexibility index (Phi) is 7.30. The summed E-state index contributed by atoms with van der Waals surface area (Å²) in [5, 5.41) is -0.119. The molecule has 2 aliphatic rings. The number of amides is 3. The van der Waals surface area contributed by atoms with Crippen molar-refractivity contribution < 1.29 is 27.0 Å². The van der Waals surface area contributed by atoms with Gasteiger partial charge in [0.2, 0.25) is 5.91 Å². The van der Waals surface area contributed by atoms with Crippen molar-refractivity contribution in [3.63, 3.8) is 0 Å². The Bertz CT molecular complexity index is 1250. The molecule has 11 heteroatoms. The van der Waals surface area contributed by atoms with E-state index in [1.807, 2.05) is 0 Å². The van der Waals surface area contributed by atoms with Gasteiger partial charge in [-0.3, -0.25) is 19.3 Å². The van der Waals surface area contributed by atoms with Gasteiger partial charge in [0.05, 0.1) is 4.91 Å². The molecule has 0 saturated carbocycles. The molecule has 2 heterocycles. The summed E-state index contributed by atoms with van der Waals surface area (Å²) in [6.07, 6.45) is 4.37. The zero-order chi connectivity index (χ0) is 24.3. The van der Waals surface area contributed by atoms with E-state index in [0.29, 0.717) is 23.7 Å². The number of imide groups is 1. The number of carbonyl (C=O) groups is 3. The van der Waals surface area contributed by atoms with Crippen molar-refractivity contribution >= 4 is 56.6 Å². The van der Waals surface area contributed by atoms with Gasteiger partial charge in [-0.15, -0.1) is 0 Å². The average molecular weight is 521 g/mol. The third-order valence-electron chi connectivity index (χ3n) is 5.34. The van der Waals surface area contributed by atoms with Crippen molar-refractivity contribution in [2.24, 2.45) is 0 Å². The number of hydrogen-bond donors (Lipinski definition) is 0. The van der Waals surface area contributed by atoms with E-state index in [1.54, 1.807) is 17.0 Å². The lowest BCUT2D eigenvalue weighted by Gasteiger charge is -2.27. The number of thioether (sulfide) groups is 1. The summed E-state index contributed by atoms with van der Waals surface area (Å²) in [5.74, 6) is -0.755. The van der Waals surface area contributed by atoms with E-state index < -0.39 is 21.3 Å². The van der Waals surface area contributed by atoms with Crippen molar-refractivity contribution in [3.05, 3.63) is 64.0 Å². The second kappa shape index (κ2) is 10.2. The van der Waals surface area contributed by atoms with Crippen LogP contribution in [0.2, 0.25) is 5.02 Å². The molecule has 8 nitrogen and oxygen atoms in total. The van der Waals surface area contributed by atoms with E-state index in [2.05, 4.69) is 0 Å². The number of halogens is 1. The van der Waals surface area contributed by atoms with Crippen LogP contribution in [-0.4, -0.2) is 54.9 Å². The molecule has 2 aromatic rings. The minimum Gasteiger partial charge on any atom is -0.379 e. The van der Waals surface area contributed by atoms with Crippen LogP contribution < -0.4 is 4.18 Å². The number of piperidine rings is 1. The van der Waals surface area contributed by atoms with E-state index in [9.17, 15) is 22.8 Å². The SMILES string of the molecule is O=C(CN1C(=O)S/C(=C\c2cccc(OS(=O)(=O)c3ccc(Cl)cc3)c2)C1=O)N1CCCCC1. The monoisotopic (exact) mass is 520 g/mol. The lowest BCUT2D eigenvalue weighted by atomic mass is 10.1. The third-order valence-corrected chi connectivity index (χ3v) is 7.76. The summed E-state index contributed by atoms with van der Waals surface area (Å²) in [7, 11) is -4.08. The van der Waals surface area contributed by atoms with Crippen LogP contribution in [0.4, 0.5) is 4.79 Å². The highest BCUT2D eigenvalue weighted by Gasteiger charge is 2.37. The van der Waals surface area contributed by atoms with Gasteiger partial charge in [0.15, 0.2) is 0 Å². The molecule has 4 rings (SSSR count). The molecule has 0 aliphatic carbocycles. The molecule has 2 fully saturated rings. The van der Waals surface area contributed by atoms with Crippen LogP contribution in [0.15, 0.2) is 58.3 Å². The highest BCUT2D eigenvalue weighted by Crippen LogP contribution is 2.33. The maximum atomic E-state index is 12.8. The summed E-state index contributed by atoms with van der Waals surface area (Å²) >= 11 is 6.54. The normalized spacial score (nSPS) is 18.0. The topological polar surface area (TPSA) is 101 Å². The van der Waals surface area contributed by atoms with Crippen LogP contribution in [0.3, 0.4) is 0 Å². The van der Waals surface area contributed by atoms with Crippen molar-refractivity contribution in [2.45, 2.75) is 24.2 Å². The molecule has 3 amide bonds. The average Bonchev–Trinajstić information content (AvgIpc) is 3.07. The van der Waals surface area contributed by atoms with Crippen molar-refractivity contribution in [3.8, 4) is 5.75 Å². The van der Waals surface area contributed by atoms with Gasteiger partial charge in [-0.1, -0.05) is 23.7 Å². The number of benzene rings is 2. The number of carbonyl (C=O) groups excluding carboxylic acids is 3. The van der Waals surface area contributed by atoms with Crippen LogP contribution in [0.1, 0.15) is 24.8 Å². The number of rotatable bonds is 6. The molecule has 0 unspecified atom stereocenters. The Morgan fingerprint density at radius 3 is 2.47 bits per heavy atom. The highest BCUT2D eigenvalue weighted by atomic mass is 35.5. The summed E-state index contributed by atoms with van der Waals surface area (Å²) in [4.78, 5) is 40.4. The van der Waals surface area contributed by atoms with E-state index >= 15 is 0 Å². The van der Waals surface area contributed by atoms with Crippen molar-refractivity contribution in [1.82, 2.24) is 9.80 Å². The minimum absolute atomic E-state index is 0.0446. The molecular weight excluding hydrogens is 500 g/mol. The van der Waals surface area contributed by atoms with Gasteiger partial charge in [0.25, 0.3) is 11.1 Å². The summed E-state index contributed by atoms with van der Waals surface area (Å²) in [6, 6.07) is 11.7. The second-order valence-corrected chi connectivity index (χ2v) is 10.7. The number of likely N-dealkylation sites (tertiary alicyclic amines) is 1. The van der Waals surface area contributed by atoms with Gasteiger partial charge < -0.3 is 9.08 Å². The molecule has 0 aromatic heterocycles. The van der Waals surface area contributed by atoms with Gasteiger partial charge in [0.1, 0.15) is 17.2 Å². The standard InChI is InChI=1S/C23H21ClN2O6S2/c24-17-7-9-19(10-8-17)34(30,31)32-18-6-4-5-16(13-18)14-20-22(28)26(23(29)33-20)15-21(27)25-11-2-1-3-12-25/h4-10,13-14H,1-3,11-12,15H2/b20-14-. The quantitative estimate of drug-likeness (QED) is 0.416. The van der Waals surface area contributed by atoms with Crippen LogP contribution in [-0.2, 0) is 19.7 Å². The van der Waals surface area contributed by atoms with Crippen LogP contribution >= 0.6 is 23.4 Å². The molecule has 0 N–H and O–H groups in total. The molecule has 2 aliphatic heterocycles. The van der Waals surface area contributed by atoms with E-state index in [1.165, 1.54) is 42.5 Å². The Morgan fingerprint density at radius 2 is 1.76 bits per heavy atom. The zero-order valence-electron chi connectivity index (χ0n) is 18.0. The first-order valence-corrected chi connectivity index (χ1v) is 13.2. The van der Waals surface area contributed by atoms with E-state index in [-0.39, 0.29) is 28.0 Å². The first kappa shape index (κ1) is 24.3. The lowest BCUT2D eigenvalue weighted by Crippen LogP contribution is -2.44. The van der Waals surface area contributed by atoms with Crippen LogP contribution in [0.25, 0.3) is 6.08 Å². The molecule has 2 saturated heterocycles. The molecule has 178 valence electrons. The molecular formula is C23H21ClN2O6S2. The van der Waals surface area contributed by atoms with Gasteiger partial charge in [-0.25, -0.2) is 0 Å². The molecule has 0 spiro atoms. The Hall–Kier alpha value is -2.82. The Morgan fingerprint density at radius 1 is 1.06 bits per heavy atom. The third kappa shape index (κ3) is 5.63. The van der Waals surface area contributed by atoms with Gasteiger partial charge >= 0.3 is 10.1 Å². The first-order chi connectivity index (χ1) is 16.2. The fourth-order valence-corrected chi connectivity index (χ4v) is 5.49. The fourth-order valence-electron chi connectivity index (χ4n) is 3.60. The van der Waals surface area contributed by atoms with Gasteiger partial charge in [0, 0.05) is 18.1 Å². The Labute approximate surface area is 206 Å². The molecule has 34 heavy (non-hydrogen) atoms. The maximum absolute atomic E-state index is 12.8. The van der Waals surface area contributed by atoms with Gasteiger partial charge in [-0.2, -0.15) is 8.42 Å². The van der Waals surface area contributed by atoms with Crippen LogP contribution in [0.5, 0.6) is 5.75 Å². The molecule has 0 atom stereocenters. The largest absolute Gasteiger partial charge is 0.379 e. The highest BCUT2D eigenvalue weighted by molar-refractivity contribution is 8.18. The second-order valence-electron chi connectivity index (χ2n) is 7.77. The van der Waals surface area contributed by atoms with Crippen molar-refractivity contribution in [2.75, 3.05) is 19.6 Å². The smallest absolute Gasteiger partial charge is 0.339 e. The minimum atomic E-state index is -4.08.